The number of aromatic nitrogens is 3. The fourth-order valence-corrected chi connectivity index (χ4v) is 0.871. The number of nitrogens with one attached hydrogen (secondary N) is 1. The lowest BCUT2D eigenvalue weighted by Gasteiger charge is -1.90. The van der Waals surface area contributed by atoms with Gasteiger partial charge in [0.15, 0.2) is 0 Å². The van der Waals surface area contributed by atoms with Crippen molar-refractivity contribution < 1.29 is 0 Å². The minimum Gasteiger partial charge on any atom is -0.397 e. The highest BCUT2D eigenvalue weighted by atomic mass is 35.5. The smallest absolute Gasteiger partial charge is 0.110 e. The Morgan fingerprint density at radius 3 is 3.00 bits per heavy atom. The van der Waals surface area contributed by atoms with Gasteiger partial charge >= 0.3 is 0 Å². The lowest BCUT2D eigenvalue weighted by molar-refractivity contribution is 1.12. The Hall–Kier alpha value is -1.29. The van der Waals surface area contributed by atoms with E-state index >= 15 is 0 Å². The standard InChI is InChI=1S/C6H6N4.ClH/c7-4-1-2-8-5-3-9-10-6(4)5;/h1-3H,(H2,7,8)(H,9,10);1H. The third-order valence-electron chi connectivity index (χ3n) is 1.38. The van der Waals surface area contributed by atoms with Crippen LogP contribution in [-0.2, 0) is 0 Å². The van der Waals surface area contributed by atoms with E-state index in [0.29, 0.717) is 5.69 Å². The van der Waals surface area contributed by atoms with Crippen LogP contribution in [0.2, 0.25) is 0 Å². The van der Waals surface area contributed by atoms with Crippen LogP contribution in [0.4, 0.5) is 5.69 Å². The molecule has 2 aromatic rings. The molecular weight excluding hydrogens is 164 g/mol. The Morgan fingerprint density at radius 2 is 2.27 bits per heavy atom. The van der Waals surface area contributed by atoms with Gasteiger partial charge in [-0.1, -0.05) is 0 Å². The van der Waals surface area contributed by atoms with Crippen LogP contribution >= 0.6 is 12.4 Å². The van der Waals surface area contributed by atoms with E-state index < -0.39 is 0 Å². The van der Waals surface area contributed by atoms with Crippen LogP contribution in [0.1, 0.15) is 0 Å². The molecule has 0 bridgehead atoms. The number of nitrogen functional groups attached to an aromatic ring is 1. The zero-order chi connectivity index (χ0) is 6.97. The zero-order valence-corrected chi connectivity index (χ0v) is 6.43. The molecule has 0 unspecified atom stereocenters. The topological polar surface area (TPSA) is 67.6 Å². The fourth-order valence-electron chi connectivity index (χ4n) is 0.871. The van der Waals surface area contributed by atoms with Gasteiger partial charge in [0.1, 0.15) is 11.0 Å². The molecule has 4 nitrogen and oxygen atoms in total. The molecule has 0 saturated carbocycles. The van der Waals surface area contributed by atoms with E-state index in [-0.39, 0.29) is 12.4 Å². The molecule has 2 aromatic heterocycles. The summed E-state index contributed by atoms with van der Waals surface area (Å²) in [5, 5.41) is 6.54. The number of halogens is 1. The van der Waals surface area contributed by atoms with Gasteiger partial charge in [0.05, 0.1) is 11.9 Å². The van der Waals surface area contributed by atoms with Gasteiger partial charge in [-0.3, -0.25) is 10.1 Å². The van der Waals surface area contributed by atoms with Crippen LogP contribution in [0.25, 0.3) is 11.0 Å². The van der Waals surface area contributed by atoms with Gasteiger partial charge < -0.3 is 5.73 Å². The molecule has 2 rings (SSSR count). The first-order valence-electron chi connectivity index (χ1n) is 2.91. The maximum atomic E-state index is 5.59. The first-order valence-corrected chi connectivity index (χ1v) is 2.91. The van der Waals surface area contributed by atoms with Gasteiger partial charge in [-0.2, -0.15) is 5.10 Å². The van der Waals surface area contributed by atoms with Crippen LogP contribution < -0.4 is 5.73 Å². The minimum absolute atomic E-state index is 0. The van der Waals surface area contributed by atoms with E-state index in [1.807, 2.05) is 0 Å². The van der Waals surface area contributed by atoms with Crippen LogP contribution in [0.15, 0.2) is 18.5 Å². The summed E-state index contributed by atoms with van der Waals surface area (Å²) in [6, 6.07) is 1.74. The molecule has 0 saturated heterocycles. The highest BCUT2D eigenvalue weighted by Crippen LogP contribution is 2.13. The van der Waals surface area contributed by atoms with E-state index in [2.05, 4.69) is 15.2 Å². The minimum atomic E-state index is 0. The Kier molecular flexibility index (Phi) is 1.96. The quantitative estimate of drug-likeness (QED) is 0.619. The first kappa shape index (κ1) is 7.81. The second kappa shape index (κ2) is 2.75. The summed E-state index contributed by atoms with van der Waals surface area (Å²) in [5.41, 5.74) is 7.89. The summed E-state index contributed by atoms with van der Waals surface area (Å²) < 4.78 is 0. The number of hydrogen-bond donors (Lipinski definition) is 2. The number of rotatable bonds is 0. The lowest BCUT2D eigenvalue weighted by atomic mass is 10.3. The van der Waals surface area contributed by atoms with Gasteiger partial charge in [-0.15, -0.1) is 12.4 Å². The van der Waals surface area contributed by atoms with E-state index in [1.54, 1.807) is 18.5 Å². The molecule has 5 heteroatoms. The summed E-state index contributed by atoms with van der Waals surface area (Å²) in [6.07, 6.45) is 3.30. The number of hydrogen-bond acceptors (Lipinski definition) is 3. The molecule has 0 radical (unpaired) electrons. The molecule has 0 amide bonds. The maximum Gasteiger partial charge on any atom is 0.110 e. The Labute approximate surface area is 69.2 Å². The second-order valence-electron chi connectivity index (χ2n) is 2.03. The summed E-state index contributed by atoms with van der Waals surface area (Å²) >= 11 is 0. The number of H-pyrrole nitrogens is 1. The summed E-state index contributed by atoms with van der Waals surface area (Å²) in [5.74, 6) is 0. The van der Waals surface area contributed by atoms with Crippen molar-refractivity contribution in [3.05, 3.63) is 18.5 Å². The number of aromatic amines is 1. The molecule has 11 heavy (non-hydrogen) atoms. The second-order valence-corrected chi connectivity index (χ2v) is 2.03. The normalized spacial score (nSPS) is 9.45. The van der Waals surface area contributed by atoms with Crippen molar-refractivity contribution in [1.82, 2.24) is 15.2 Å². The Morgan fingerprint density at radius 1 is 1.45 bits per heavy atom. The number of fused-ring (bicyclic) bond motifs is 1. The third-order valence-corrected chi connectivity index (χ3v) is 1.38. The van der Waals surface area contributed by atoms with Crippen molar-refractivity contribution in [2.75, 3.05) is 5.73 Å². The molecular formula is C6H7ClN4. The average molecular weight is 171 g/mol. The largest absolute Gasteiger partial charge is 0.397 e. The number of anilines is 1. The van der Waals surface area contributed by atoms with E-state index in [4.69, 9.17) is 5.73 Å². The zero-order valence-electron chi connectivity index (χ0n) is 5.61. The lowest BCUT2D eigenvalue weighted by Crippen LogP contribution is -1.86. The van der Waals surface area contributed by atoms with Crippen molar-refractivity contribution in [3.63, 3.8) is 0 Å². The monoisotopic (exact) mass is 170 g/mol. The van der Waals surface area contributed by atoms with Crippen molar-refractivity contribution >= 4 is 29.1 Å². The first-order chi connectivity index (χ1) is 4.88. The molecule has 0 aliphatic carbocycles. The third kappa shape index (κ3) is 1.12. The van der Waals surface area contributed by atoms with Gasteiger partial charge in [0, 0.05) is 6.20 Å². The Balaban J connectivity index is 0.000000605. The highest BCUT2D eigenvalue weighted by molar-refractivity contribution is 5.85. The van der Waals surface area contributed by atoms with Gasteiger partial charge in [0.25, 0.3) is 0 Å². The molecule has 0 aromatic carbocycles. The van der Waals surface area contributed by atoms with E-state index in [9.17, 15) is 0 Å². The number of nitrogens with two attached hydrogens (primary N) is 1. The molecule has 0 fully saturated rings. The summed E-state index contributed by atoms with van der Waals surface area (Å²) in [7, 11) is 0. The molecule has 0 aliphatic rings. The summed E-state index contributed by atoms with van der Waals surface area (Å²) in [4.78, 5) is 4.03. The molecule has 2 heterocycles. The van der Waals surface area contributed by atoms with Crippen LogP contribution in [0.5, 0.6) is 0 Å². The van der Waals surface area contributed by atoms with Crippen molar-refractivity contribution in [2.45, 2.75) is 0 Å². The predicted octanol–water partition coefficient (Wildman–Crippen LogP) is 0.962. The van der Waals surface area contributed by atoms with Crippen molar-refractivity contribution in [2.24, 2.45) is 0 Å². The Bertz CT molecular complexity index is 356. The van der Waals surface area contributed by atoms with Crippen molar-refractivity contribution in [1.29, 1.82) is 0 Å². The SMILES string of the molecule is Cl.Nc1ccnc2cn[nH]c12. The molecule has 0 spiro atoms. The fraction of sp³-hybridized carbons (Fsp3) is 0. The van der Waals surface area contributed by atoms with Crippen molar-refractivity contribution in [3.8, 4) is 0 Å². The predicted molar refractivity (Wildman–Crippen MR) is 45.5 cm³/mol. The molecule has 0 atom stereocenters. The van der Waals surface area contributed by atoms with Gasteiger partial charge in [-0.05, 0) is 6.07 Å². The molecule has 58 valence electrons. The molecule has 0 aliphatic heterocycles. The van der Waals surface area contributed by atoms with Crippen LogP contribution in [0, 0.1) is 0 Å². The van der Waals surface area contributed by atoms with Gasteiger partial charge in [0.2, 0.25) is 0 Å². The highest BCUT2D eigenvalue weighted by Gasteiger charge is 1.97. The number of pyridine rings is 1. The summed E-state index contributed by atoms with van der Waals surface area (Å²) in [6.45, 7) is 0. The van der Waals surface area contributed by atoms with Crippen LogP contribution in [0.3, 0.4) is 0 Å². The van der Waals surface area contributed by atoms with Crippen LogP contribution in [-0.4, -0.2) is 15.2 Å². The van der Waals surface area contributed by atoms with E-state index in [0.717, 1.165) is 11.0 Å². The maximum absolute atomic E-state index is 5.59. The average Bonchev–Trinajstić information content (AvgIpc) is 2.36. The van der Waals surface area contributed by atoms with E-state index in [1.165, 1.54) is 0 Å². The van der Waals surface area contributed by atoms with Gasteiger partial charge in [-0.25, -0.2) is 0 Å². The molecule has 3 N–H and O–H groups in total. The number of nitrogens with zero attached hydrogens (tertiary/aromatic N) is 2.